The van der Waals surface area contributed by atoms with Gasteiger partial charge in [0.25, 0.3) is 0 Å². The lowest BCUT2D eigenvalue weighted by atomic mass is 9.79. The van der Waals surface area contributed by atoms with Crippen molar-refractivity contribution in [2.75, 3.05) is 7.11 Å². The van der Waals surface area contributed by atoms with E-state index < -0.39 is 17.6 Å². The molecule has 15 heavy (non-hydrogen) atoms. The second kappa shape index (κ2) is 4.61. The molecule has 1 rings (SSSR count). The second-order valence-corrected chi connectivity index (χ2v) is 3.93. The van der Waals surface area contributed by atoms with Crippen LogP contribution in [0.15, 0.2) is 0 Å². The fourth-order valence-electron chi connectivity index (χ4n) is 2.22. The van der Waals surface area contributed by atoms with Crippen LogP contribution in [0.25, 0.3) is 0 Å². The Morgan fingerprint density at radius 1 is 1.47 bits per heavy atom. The fraction of sp³-hybridized carbons (Fsp3) is 0.800. The van der Waals surface area contributed by atoms with Crippen LogP contribution in [0.4, 0.5) is 0 Å². The SMILES string of the molecule is COC1CCCCC1(NC(C)=O)C(=O)O. The number of carboxylic acids is 1. The first-order valence-corrected chi connectivity index (χ1v) is 5.08. The van der Waals surface area contributed by atoms with Crippen LogP contribution in [0.5, 0.6) is 0 Å². The van der Waals surface area contributed by atoms with Gasteiger partial charge in [0.1, 0.15) is 0 Å². The zero-order chi connectivity index (χ0) is 11.5. The van der Waals surface area contributed by atoms with Crippen LogP contribution in [0.1, 0.15) is 32.6 Å². The average Bonchev–Trinajstić information content (AvgIpc) is 2.17. The zero-order valence-electron chi connectivity index (χ0n) is 9.08. The van der Waals surface area contributed by atoms with E-state index in [-0.39, 0.29) is 5.91 Å². The summed E-state index contributed by atoms with van der Waals surface area (Å²) in [6.07, 6.45) is 2.40. The van der Waals surface area contributed by atoms with Gasteiger partial charge in [-0.25, -0.2) is 4.79 Å². The Labute approximate surface area is 88.8 Å². The topological polar surface area (TPSA) is 75.6 Å². The number of rotatable bonds is 3. The summed E-state index contributed by atoms with van der Waals surface area (Å²) in [5, 5.41) is 11.8. The average molecular weight is 215 g/mol. The summed E-state index contributed by atoms with van der Waals surface area (Å²) in [7, 11) is 1.48. The minimum atomic E-state index is -1.24. The molecule has 0 aliphatic heterocycles. The molecule has 0 aromatic heterocycles. The van der Waals surface area contributed by atoms with Crippen LogP contribution in [-0.4, -0.2) is 35.7 Å². The van der Waals surface area contributed by atoms with E-state index in [1.54, 1.807) is 0 Å². The number of carboxylic acid groups (broad SMARTS) is 1. The van der Waals surface area contributed by atoms with Gasteiger partial charge in [0.2, 0.25) is 5.91 Å². The second-order valence-electron chi connectivity index (χ2n) is 3.93. The highest BCUT2D eigenvalue weighted by Crippen LogP contribution is 2.30. The molecule has 2 N–H and O–H groups in total. The lowest BCUT2D eigenvalue weighted by Gasteiger charge is -2.39. The van der Waals surface area contributed by atoms with Crippen LogP contribution < -0.4 is 5.32 Å². The first-order valence-electron chi connectivity index (χ1n) is 5.08. The number of ether oxygens (including phenoxy) is 1. The summed E-state index contributed by atoms with van der Waals surface area (Å²) in [6, 6.07) is 0. The van der Waals surface area contributed by atoms with E-state index >= 15 is 0 Å². The number of amides is 1. The van der Waals surface area contributed by atoms with Crippen molar-refractivity contribution in [2.24, 2.45) is 0 Å². The van der Waals surface area contributed by atoms with Gasteiger partial charge in [-0.3, -0.25) is 4.79 Å². The molecule has 0 saturated heterocycles. The van der Waals surface area contributed by atoms with Gasteiger partial charge in [-0.2, -0.15) is 0 Å². The summed E-state index contributed by atoms with van der Waals surface area (Å²) in [4.78, 5) is 22.3. The fourth-order valence-corrected chi connectivity index (χ4v) is 2.22. The molecule has 0 spiro atoms. The van der Waals surface area contributed by atoms with E-state index in [1.807, 2.05) is 0 Å². The van der Waals surface area contributed by atoms with Crippen molar-refractivity contribution >= 4 is 11.9 Å². The Morgan fingerprint density at radius 2 is 2.13 bits per heavy atom. The van der Waals surface area contributed by atoms with Crippen molar-refractivity contribution in [3.05, 3.63) is 0 Å². The van der Waals surface area contributed by atoms with Crippen LogP contribution in [0.3, 0.4) is 0 Å². The van der Waals surface area contributed by atoms with Crippen molar-refractivity contribution in [3.8, 4) is 0 Å². The summed E-state index contributed by atoms with van der Waals surface area (Å²) in [5.41, 5.74) is -1.24. The Hall–Kier alpha value is -1.10. The van der Waals surface area contributed by atoms with Gasteiger partial charge < -0.3 is 15.2 Å². The summed E-state index contributed by atoms with van der Waals surface area (Å²) < 4.78 is 5.17. The quantitative estimate of drug-likeness (QED) is 0.720. The summed E-state index contributed by atoms with van der Waals surface area (Å²) >= 11 is 0. The standard InChI is InChI=1S/C10H17NO4/c1-7(12)11-10(9(13)14)6-4-3-5-8(10)15-2/h8H,3-6H2,1-2H3,(H,11,12)(H,13,14). The van der Waals surface area contributed by atoms with E-state index in [2.05, 4.69) is 5.32 Å². The lowest BCUT2D eigenvalue weighted by molar-refractivity contribution is -0.157. The number of carbonyl (C=O) groups excluding carboxylic acids is 1. The number of nitrogens with one attached hydrogen (secondary N) is 1. The molecule has 0 bridgehead atoms. The van der Waals surface area contributed by atoms with Crippen LogP contribution in [0, 0.1) is 0 Å². The summed E-state index contributed by atoms with van der Waals surface area (Å²) in [6.45, 7) is 1.33. The molecule has 1 aliphatic carbocycles. The Bertz CT molecular complexity index is 266. The predicted molar refractivity (Wildman–Crippen MR) is 53.4 cm³/mol. The zero-order valence-corrected chi connectivity index (χ0v) is 9.08. The molecule has 5 nitrogen and oxygen atoms in total. The third-order valence-corrected chi connectivity index (χ3v) is 2.90. The summed E-state index contributed by atoms with van der Waals surface area (Å²) in [5.74, 6) is -1.34. The largest absolute Gasteiger partial charge is 0.479 e. The van der Waals surface area contributed by atoms with Crippen LogP contribution >= 0.6 is 0 Å². The van der Waals surface area contributed by atoms with Gasteiger partial charge in [0, 0.05) is 14.0 Å². The third kappa shape index (κ3) is 2.28. The van der Waals surface area contributed by atoms with Gasteiger partial charge in [-0.1, -0.05) is 12.8 Å². The highest BCUT2D eigenvalue weighted by atomic mass is 16.5. The molecule has 1 amide bonds. The molecule has 1 fully saturated rings. The Balaban J connectivity index is 2.94. The molecule has 0 aromatic rings. The number of carbonyl (C=O) groups is 2. The van der Waals surface area contributed by atoms with E-state index in [0.717, 1.165) is 12.8 Å². The van der Waals surface area contributed by atoms with E-state index in [4.69, 9.17) is 4.74 Å². The molecular formula is C10H17NO4. The minimum absolute atomic E-state index is 0.332. The van der Waals surface area contributed by atoms with Crippen molar-refractivity contribution in [1.29, 1.82) is 0 Å². The minimum Gasteiger partial charge on any atom is -0.479 e. The molecule has 2 unspecified atom stereocenters. The highest BCUT2D eigenvalue weighted by molar-refractivity contribution is 5.86. The number of methoxy groups -OCH3 is 1. The first kappa shape index (κ1) is 12.0. The van der Waals surface area contributed by atoms with Crippen LogP contribution in [0.2, 0.25) is 0 Å². The Kier molecular flexibility index (Phi) is 3.68. The monoisotopic (exact) mass is 215 g/mol. The molecule has 1 aliphatic rings. The van der Waals surface area contributed by atoms with E-state index in [1.165, 1.54) is 14.0 Å². The predicted octanol–water partition coefficient (Wildman–Crippen LogP) is 0.535. The molecule has 0 heterocycles. The van der Waals surface area contributed by atoms with Gasteiger partial charge >= 0.3 is 5.97 Å². The third-order valence-electron chi connectivity index (χ3n) is 2.90. The van der Waals surface area contributed by atoms with Gasteiger partial charge in [-0.05, 0) is 12.8 Å². The van der Waals surface area contributed by atoms with Gasteiger partial charge in [0.05, 0.1) is 6.10 Å². The van der Waals surface area contributed by atoms with E-state index in [0.29, 0.717) is 12.8 Å². The van der Waals surface area contributed by atoms with Crippen LogP contribution in [-0.2, 0) is 14.3 Å². The molecule has 2 atom stereocenters. The number of hydrogen-bond acceptors (Lipinski definition) is 3. The van der Waals surface area contributed by atoms with Crippen molar-refractivity contribution < 1.29 is 19.4 Å². The Morgan fingerprint density at radius 3 is 2.60 bits per heavy atom. The first-order chi connectivity index (χ1) is 7.03. The van der Waals surface area contributed by atoms with Gasteiger partial charge in [0.15, 0.2) is 5.54 Å². The molecular weight excluding hydrogens is 198 g/mol. The highest BCUT2D eigenvalue weighted by Gasteiger charge is 2.48. The number of hydrogen-bond donors (Lipinski definition) is 2. The van der Waals surface area contributed by atoms with Gasteiger partial charge in [-0.15, -0.1) is 0 Å². The maximum atomic E-state index is 11.3. The molecule has 1 saturated carbocycles. The smallest absolute Gasteiger partial charge is 0.332 e. The van der Waals surface area contributed by atoms with E-state index in [9.17, 15) is 14.7 Å². The molecule has 0 radical (unpaired) electrons. The molecule has 0 aromatic carbocycles. The number of aliphatic carboxylic acids is 1. The molecule has 5 heteroatoms. The van der Waals surface area contributed by atoms with Crippen molar-refractivity contribution in [2.45, 2.75) is 44.2 Å². The normalized spacial score (nSPS) is 30.9. The maximum absolute atomic E-state index is 11.3. The molecule has 86 valence electrons. The van der Waals surface area contributed by atoms with Crippen molar-refractivity contribution in [1.82, 2.24) is 5.32 Å². The lowest BCUT2D eigenvalue weighted by Crippen LogP contribution is -2.63. The van der Waals surface area contributed by atoms with Crippen molar-refractivity contribution in [3.63, 3.8) is 0 Å². The maximum Gasteiger partial charge on any atom is 0.332 e.